The Morgan fingerprint density at radius 1 is 0.789 bits per heavy atom. The van der Waals surface area contributed by atoms with Crippen LogP contribution in [0.5, 0.6) is 0 Å². The number of unbranched alkanes of at least 4 members (excludes halogenated alkanes) is 2. The predicted octanol–water partition coefficient (Wildman–Crippen LogP) is 3.87. The maximum atomic E-state index is 13.1. The van der Waals surface area contributed by atoms with Gasteiger partial charge in [0.25, 0.3) is 5.56 Å². The zero-order chi connectivity index (χ0) is 26.3. The number of hydrogen-bond donors (Lipinski definition) is 1. The number of nitrogens with zero attached hydrogens (tertiary/aromatic N) is 5. The molecular weight excluding hydrogens is 476 g/mol. The minimum atomic E-state index is -0.267. The van der Waals surface area contributed by atoms with Crippen LogP contribution in [0.4, 0.5) is 0 Å². The Bertz CT molecular complexity index is 1380. The van der Waals surface area contributed by atoms with E-state index in [9.17, 15) is 9.59 Å². The fourth-order valence-electron chi connectivity index (χ4n) is 5.56. The van der Waals surface area contributed by atoms with Gasteiger partial charge in [-0.25, -0.2) is 9.78 Å². The summed E-state index contributed by atoms with van der Waals surface area (Å²) < 4.78 is 3.03. The highest BCUT2D eigenvalue weighted by Gasteiger charge is 2.26. The molecule has 38 heavy (non-hydrogen) atoms. The largest absolute Gasteiger partial charge is 0.339 e. The summed E-state index contributed by atoms with van der Waals surface area (Å²) in [5.41, 5.74) is 3.03. The number of nitrogens with one attached hydrogen (secondary N) is 1. The third-order valence-corrected chi connectivity index (χ3v) is 7.64. The van der Waals surface area contributed by atoms with E-state index in [0.717, 1.165) is 58.4 Å². The third-order valence-electron chi connectivity index (χ3n) is 7.64. The van der Waals surface area contributed by atoms with E-state index in [-0.39, 0.29) is 17.3 Å². The first-order valence-corrected chi connectivity index (χ1v) is 13.9. The number of hydrogen-bond acceptors (Lipinski definition) is 5. The molecule has 1 N–H and O–H groups in total. The lowest BCUT2D eigenvalue weighted by atomic mass is 9.96. The van der Waals surface area contributed by atoms with Crippen LogP contribution < -0.4 is 11.2 Å². The molecule has 1 aliphatic heterocycles. The van der Waals surface area contributed by atoms with Crippen LogP contribution in [0, 0.1) is 0 Å². The van der Waals surface area contributed by atoms with Crippen LogP contribution in [0.1, 0.15) is 49.8 Å². The average molecular weight is 515 g/mol. The molecule has 200 valence electrons. The van der Waals surface area contributed by atoms with Gasteiger partial charge in [-0.2, -0.15) is 0 Å². The molecule has 8 nitrogen and oxygen atoms in total. The molecule has 5 rings (SSSR count). The monoisotopic (exact) mass is 514 g/mol. The van der Waals surface area contributed by atoms with Gasteiger partial charge < -0.3 is 9.88 Å². The fourth-order valence-corrected chi connectivity index (χ4v) is 5.56. The van der Waals surface area contributed by atoms with E-state index in [1.54, 1.807) is 4.57 Å². The van der Waals surface area contributed by atoms with Crippen molar-refractivity contribution in [3.8, 4) is 0 Å². The molecule has 0 unspecified atom stereocenters. The number of H-pyrrole nitrogens is 1. The van der Waals surface area contributed by atoms with Gasteiger partial charge in [0.05, 0.1) is 12.4 Å². The van der Waals surface area contributed by atoms with E-state index in [2.05, 4.69) is 87.4 Å². The maximum Gasteiger partial charge on any atom is 0.332 e. The number of imidazole rings is 1. The standard InChI is InChI=1S/C30H38N6O2/c1-2-3-17-35-28-26(31-23-32-28)29(37)36(30(35)38)18-11-10-16-33-19-21-34(22-20-33)27(24-12-6-4-7-13-24)25-14-8-5-9-15-25/h4-9,12-15,23,27H,2-3,10-11,16-22H2,1H3,(H,31,32). The predicted molar refractivity (Wildman–Crippen MR) is 151 cm³/mol. The van der Waals surface area contributed by atoms with E-state index < -0.39 is 0 Å². The molecule has 0 spiro atoms. The summed E-state index contributed by atoms with van der Waals surface area (Å²) in [6, 6.07) is 21.8. The van der Waals surface area contributed by atoms with Crippen LogP contribution in [0.15, 0.2) is 76.6 Å². The molecule has 2 aromatic carbocycles. The van der Waals surface area contributed by atoms with Crippen molar-refractivity contribution in [2.45, 2.75) is 51.7 Å². The van der Waals surface area contributed by atoms with Crippen molar-refractivity contribution < 1.29 is 0 Å². The summed E-state index contributed by atoms with van der Waals surface area (Å²) in [7, 11) is 0. The molecule has 2 aromatic heterocycles. The summed E-state index contributed by atoms with van der Waals surface area (Å²) in [6.45, 7) is 8.11. The van der Waals surface area contributed by atoms with Gasteiger partial charge in [0, 0.05) is 39.3 Å². The Balaban J connectivity index is 1.18. The van der Waals surface area contributed by atoms with Crippen LogP contribution in [0.2, 0.25) is 0 Å². The molecular formula is C30H38N6O2. The highest BCUT2D eigenvalue weighted by molar-refractivity contribution is 5.68. The molecule has 4 aromatic rings. The number of aromatic nitrogens is 4. The summed E-state index contributed by atoms with van der Waals surface area (Å²) in [4.78, 5) is 38.3. The van der Waals surface area contributed by atoms with Gasteiger partial charge in [0.1, 0.15) is 5.52 Å². The van der Waals surface area contributed by atoms with Gasteiger partial charge in [-0.3, -0.25) is 18.8 Å². The van der Waals surface area contributed by atoms with Crippen LogP contribution in [-0.2, 0) is 13.1 Å². The smallest absolute Gasteiger partial charge is 0.332 e. The Kier molecular flexibility index (Phi) is 8.51. The molecule has 0 atom stereocenters. The second-order valence-electron chi connectivity index (χ2n) is 10.2. The van der Waals surface area contributed by atoms with Crippen LogP contribution in [0.25, 0.3) is 11.2 Å². The van der Waals surface area contributed by atoms with Gasteiger partial charge in [-0.15, -0.1) is 0 Å². The molecule has 0 saturated carbocycles. The molecule has 0 amide bonds. The SMILES string of the molecule is CCCCn1c(=O)n(CCCCN2CCN(C(c3ccccc3)c3ccccc3)CC2)c(=O)c2[nH]cnc21. The Morgan fingerprint density at radius 2 is 1.39 bits per heavy atom. The van der Waals surface area contributed by atoms with Gasteiger partial charge in [0.15, 0.2) is 5.65 Å². The average Bonchev–Trinajstić information content (AvgIpc) is 3.45. The quantitative estimate of drug-likeness (QED) is 0.308. The first-order chi connectivity index (χ1) is 18.7. The van der Waals surface area contributed by atoms with E-state index in [1.807, 2.05) is 0 Å². The number of rotatable bonds is 11. The zero-order valence-corrected chi connectivity index (χ0v) is 22.3. The summed E-state index contributed by atoms with van der Waals surface area (Å²) in [5.74, 6) is 0. The maximum absolute atomic E-state index is 13.1. The zero-order valence-electron chi connectivity index (χ0n) is 22.3. The van der Waals surface area contributed by atoms with Crippen LogP contribution in [-0.4, -0.2) is 61.6 Å². The summed E-state index contributed by atoms with van der Waals surface area (Å²) in [6.07, 6.45) is 5.09. The van der Waals surface area contributed by atoms with Crippen LogP contribution >= 0.6 is 0 Å². The minimum Gasteiger partial charge on any atom is -0.339 e. The first-order valence-electron chi connectivity index (χ1n) is 13.9. The number of piperazine rings is 1. The highest BCUT2D eigenvalue weighted by atomic mass is 16.2. The summed E-state index contributed by atoms with van der Waals surface area (Å²) >= 11 is 0. The number of fused-ring (bicyclic) bond motifs is 1. The molecule has 8 heteroatoms. The highest BCUT2D eigenvalue weighted by Crippen LogP contribution is 2.29. The first kappa shape index (κ1) is 26.1. The molecule has 0 bridgehead atoms. The normalized spacial score (nSPS) is 15.0. The lowest BCUT2D eigenvalue weighted by Crippen LogP contribution is -2.48. The van der Waals surface area contributed by atoms with Crippen molar-refractivity contribution in [2.75, 3.05) is 32.7 Å². The summed E-state index contributed by atoms with van der Waals surface area (Å²) in [5, 5.41) is 0. The lowest BCUT2D eigenvalue weighted by molar-refractivity contribution is 0.108. The molecule has 0 radical (unpaired) electrons. The van der Waals surface area contributed by atoms with E-state index >= 15 is 0 Å². The van der Waals surface area contributed by atoms with Crippen molar-refractivity contribution in [1.82, 2.24) is 28.9 Å². The third kappa shape index (κ3) is 5.66. The molecule has 3 heterocycles. The van der Waals surface area contributed by atoms with Gasteiger partial charge >= 0.3 is 5.69 Å². The van der Waals surface area contributed by atoms with Gasteiger partial charge in [-0.1, -0.05) is 74.0 Å². The second-order valence-corrected chi connectivity index (χ2v) is 10.2. The molecule has 1 fully saturated rings. The molecule has 1 aliphatic rings. The van der Waals surface area contributed by atoms with E-state index in [0.29, 0.717) is 24.3 Å². The molecule has 1 saturated heterocycles. The van der Waals surface area contributed by atoms with Gasteiger partial charge in [0.2, 0.25) is 0 Å². The Labute approximate surface area is 223 Å². The molecule has 0 aliphatic carbocycles. The lowest BCUT2D eigenvalue weighted by Gasteiger charge is -2.39. The van der Waals surface area contributed by atoms with Crippen molar-refractivity contribution in [3.63, 3.8) is 0 Å². The van der Waals surface area contributed by atoms with Crippen molar-refractivity contribution >= 4 is 11.2 Å². The Morgan fingerprint density at radius 3 is 2.03 bits per heavy atom. The number of benzene rings is 2. The minimum absolute atomic E-state index is 0.246. The van der Waals surface area contributed by atoms with E-state index in [4.69, 9.17) is 0 Å². The van der Waals surface area contributed by atoms with E-state index in [1.165, 1.54) is 22.0 Å². The van der Waals surface area contributed by atoms with Crippen molar-refractivity contribution in [2.24, 2.45) is 0 Å². The number of aromatic amines is 1. The van der Waals surface area contributed by atoms with Gasteiger partial charge in [-0.05, 0) is 36.9 Å². The van der Waals surface area contributed by atoms with Crippen molar-refractivity contribution in [1.29, 1.82) is 0 Å². The number of aryl methyl sites for hydroxylation is 1. The van der Waals surface area contributed by atoms with Crippen molar-refractivity contribution in [3.05, 3.63) is 99.0 Å². The Hall–Kier alpha value is -3.49. The second kappa shape index (κ2) is 12.4. The fraction of sp³-hybridized carbons (Fsp3) is 0.433. The van der Waals surface area contributed by atoms with Crippen LogP contribution in [0.3, 0.4) is 0 Å². The topological polar surface area (TPSA) is 79.2 Å².